The third-order valence-corrected chi connectivity index (χ3v) is 6.51. The Bertz CT molecular complexity index is 1050. The number of amides is 1. The predicted molar refractivity (Wildman–Crippen MR) is 136 cm³/mol. The average molecular weight is 486 g/mol. The average Bonchev–Trinajstić information content (AvgIpc) is 3.06. The van der Waals surface area contributed by atoms with Gasteiger partial charge in [-0.15, -0.1) is 0 Å². The van der Waals surface area contributed by atoms with Crippen LogP contribution in [0, 0.1) is 0 Å². The maximum Gasteiger partial charge on any atom is 0.339 e. The second kappa shape index (κ2) is 11.9. The van der Waals surface area contributed by atoms with Gasteiger partial charge in [0.2, 0.25) is 0 Å². The number of hydrogen-bond acceptors (Lipinski definition) is 6. The number of rotatable bonds is 11. The van der Waals surface area contributed by atoms with E-state index < -0.39 is 11.7 Å². The summed E-state index contributed by atoms with van der Waals surface area (Å²) in [7, 11) is 0. The molecule has 0 unspecified atom stereocenters. The molecule has 2 N–H and O–H groups in total. The monoisotopic (exact) mass is 485 g/mol. The number of aromatic carboxylic acids is 1. The molecule has 1 aliphatic rings. The number of carboxylic acid groups (broad SMARTS) is 1. The standard InChI is InChI=1S/C25H27NO5S2/c1-2-3-4-5-6-7-14-31-19-11-8-17(9-12-19)15-22-23(28)26(25(32)33-22)18-10-13-20(24(29)30)21(27)16-18/h8-13,15-16,27H,2-7,14H2,1H3,(H,29,30). The van der Waals surface area contributed by atoms with Crippen LogP contribution < -0.4 is 9.64 Å². The van der Waals surface area contributed by atoms with Crippen LogP contribution in [0.25, 0.3) is 6.08 Å². The Balaban J connectivity index is 1.60. The molecule has 2 aromatic rings. The zero-order chi connectivity index (χ0) is 23.8. The molecule has 1 saturated heterocycles. The van der Waals surface area contributed by atoms with Crippen LogP contribution in [-0.4, -0.2) is 33.0 Å². The van der Waals surface area contributed by atoms with E-state index in [-0.39, 0.29) is 11.5 Å². The van der Waals surface area contributed by atoms with Crippen LogP contribution >= 0.6 is 24.0 Å². The van der Waals surface area contributed by atoms with E-state index in [2.05, 4.69) is 6.92 Å². The number of carbonyl (C=O) groups excluding carboxylic acids is 1. The Kier molecular flexibility index (Phi) is 8.91. The molecule has 0 spiro atoms. The van der Waals surface area contributed by atoms with Crippen molar-refractivity contribution < 1.29 is 24.5 Å². The Morgan fingerprint density at radius 1 is 1.09 bits per heavy atom. The van der Waals surface area contributed by atoms with E-state index in [1.807, 2.05) is 24.3 Å². The first-order valence-electron chi connectivity index (χ1n) is 11.0. The third-order valence-electron chi connectivity index (χ3n) is 5.21. The number of carboxylic acids is 1. The molecule has 0 saturated carbocycles. The molecule has 2 aromatic carbocycles. The molecule has 1 aliphatic heterocycles. The van der Waals surface area contributed by atoms with Crippen molar-refractivity contribution in [3.63, 3.8) is 0 Å². The fraction of sp³-hybridized carbons (Fsp3) is 0.320. The van der Waals surface area contributed by atoms with E-state index in [1.54, 1.807) is 6.08 Å². The van der Waals surface area contributed by atoms with Crippen LogP contribution in [0.1, 0.15) is 61.4 Å². The highest BCUT2D eigenvalue weighted by Gasteiger charge is 2.33. The van der Waals surface area contributed by atoms with Gasteiger partial charge in [0.05, 0.1) is 17.2 Å². The summed E-state index contributed by atoms with van der Waals surface area (Å²) in [5.41, 5.74) is 0.923. The lowest BCUT2D eigenvalue weighted by Crippen LogP contribution is -2.27. The van der Waals surface area contributed by atoms with Gasteiger partial charge in [-0.2, -0.15) is 0 Å². The number of benzene rings is 2. The SMILES string of the molecule is CCCCCCCCOc1ccc(C=C2SC(=S)N(c3ccc(C(=O)O)c(O)c3)C2=O)cc1. The minimum atomic E-state index is -1.25. The highest BCUT2D eigenvalue weighted by Crippen LogP contribution is 2.37. The normalized spacial score (nSPS) is 14.8. The van der Waals surface area contributed by atoms with E-state index in [9.17, 15) is 14.7 Å². The molecule has 0 radical (unpaired) electrons. The molecule has 0 aromatic heterocycles. The number of thioether (sulfide) groups is 1. The van der Waals surface area contributed by atoms with Gasteiger partial charge in [-0.25, -0.2) is 4.79 Å². The molecular formula is C25H27NO5S2. The van der Waals surface area contributed by atoms with Crippen LogP contribution in [0.15, 0.2) is 47.4 Å². The quantitative estimate of drug-likeness (QED) is 0.221. The highest BCUT2D eigenvalue weighted by molar-refractivity contribution is 8.27. The summed E-state index contributed by atoms with van der Waals surface area (Å²) >= 11 is 6.50. The van der Waals surface area contributed by atoms with Gasteiger partial charge in [-0.05, 0) is 42.3 Å². The second-order valence-electron chi connectivity index (χ2n) is 7.71. The summed E-state index contributed by atoms with van der Waals surface area (Å²) in [5.74, 6) is -1.20. The zero-order valence-electron chi connectivity index (χ0n) is 18.5. The lowest BCUT2D eigenvalue weighted by Gasteiger charge is -2.15. The number of unbranched alkanes of at least 4 members (excludes halogenated alkanes) is 5. The van der Waals surface area contributed by atoms with Crippen LogP contribution in [0.4, 0.5) is 5.69 Å². The van der Waals surface area contributed by atoms with Crippen molar-refractivity contribution in [3.05, 3.63) is 58.5 Å². The molecule has 3 rings (SSSR count). The minimum absolute atomic E-state index is 0.237. The number of carbonyl (C=O) groups is 2. The van der Waals surface area contributed by atoms with E-state index in [0.717, 1.165) is 29.5 Å². The van der Waals surface area contributed by atoms with Gasteiger partial charge in [0, 0.05) is 6.07 Å². The van der Waals surface area contributed by atoms with Crippen LogP contribution in [0.5, 0.6) is 11.5 Å². The highest BCUT2D eigenvalue weighted by atomic mass is 32.2. The summed E-state index contributed by atoms with van der Waals surface area (Å²) in [6.45, 7) is 2.90. The number of aromatic hydroxyl groups is 1. The molecule has 1 amide bonds. The van der Waals surface area contributed by atoms with Gasteiger partial charge in [-0.1, -0.05) is 75.1 Å². The molecule has 174 valence electrons. The largest absolute Gasteiger partial charge is 0.507 e. The number of anilines is 1. The Hall–Kier alpha value is -2.84. The van der Waals surface area contributed by atoms with Crippen molar-refractivity contribution in [2.24, 2.45) is 0 Å². The minimum Gasteiger partial charge on any atom is -0.507 e. The van der Waals surface area contributed by atoms with E-state index in [4.69, 9.17) is 22.1 Å². The fourth-order valence-corrected chi connectivity index (χ4v) is 4.71. The summed E-state index contributed by atoms with van der Waals surface area (Å²) in [4.78, 5) is 25.7. The molecule has 0 bridgehead atoms. The summed E-state index contributed by atoms with van der Waals surface area (Å²) < 4.78 is 6.11. The molecule has 33 heavy (non-hydrogen) atoms. The summed E-state index contributed by atoms with van der Waals surface area (Å²) in [6.07, 6.45) is 9.04. The van der Waals surface area contributed by atoms with Crippen molar-refractivity contribution >= 4 is 51.9 Å². The van der Waals surface area contributed by atoms with Crippen molar-refractivity contribution in [2.75, 3.05) is 11.5 Å². The van der Waals surface area contributed by atoms with Gasteiger partial charge in [0.1, 0.15) is 17.1 Å². The van der Waals surface area contributed by atoms with E-state index in [1.165, 1.54) is 55.2 Å². The fourth-order valence-electron chi connectivity index (χ4n) is 3.41. The molecular weight excluding hydrogens is 458 g/mol. The first kappa shape index (κ1) is 24.8. The van der Waals surface area contributed by atoms with Gasteiger partial charge < -0.3 is 14.9 Å². The number of thiocarbonyl (C=S) groups is 1. The van der Waals surface area contributed by atoms with Crippen molar-refractivity contribution in [1.29, 1.82) is 0 Å². The zero-order valence-corrected chi connectivity index (χ0v) is 20.1. The summed E-state index contributed by atoms with van der Waals surface area (Å²) in [6, 6.07) is 11.5. The molecule has 6 nitrogen and oxygen atoms in total. The Morgan fingerprint density at radius 3 is 2.45 bits per heavy atom. The smallest absolute Gasteiger partial charge is 0.339 e. The van der Waals surface area contributed by atoms with Gasteiger partial charge in [0.15, 0.2) is 4.32 Å². The number of nitrogens with zero attached hydrogens (tertiary/aromatic N) is 1. The summed E-state index contributed by atoms with van der Waals surface area (Å²) in [5, 5.41) is 19.0. The van der Waals surface area contributed by atoms with E-state index in [0.29, 0.717) is 21.5 Å². The number of ether oxygens (including phenoxy) is 1. The molecule has 1 fully saturated rings. The number of hydrogen-bond donors (Lipinski definition) is 2. The lowest BCUT2D eigenvalue weighted by molar-refractivity contribution is -0.113. The van der Waals surface area contributed by atoms with E-state index >= 15 is 0 Å². The van der Waals surface area contributed by atoms with Crippen LogP contribution in [0.2, 0.25) is 0 Å². The first-order valence-corrected chi connectivity index (χ1v) is 12.2. The topological polar surface area (TPSA) is 87.1 Å². The molecule has 1 heterocycles. The van der Waals surface area contributed by atoms with Crippen molar-refractivity contribution in [1.82, 2.24) is 0 Å². The van der Waals surface area contributed by atoms with Gasteiger partial charge in [0.25, 0.3) is 5.91 Å². The first-order chi connectivity index (χ1) is 15.9. The Labute approximate surface area is 203 Å². The molecule has 8 heteroatoms. The molecule has 0 aliphatic carbocycles. The van der Waals surface area contributed by atoms with Gasteiger partial charge >= 0.3 is 5.97 Å². The lowest BCUT2D eigenvalue weighted by atomic mass is 10.1. The van der Waals surface area contributed by atoms with Crippen molar-refractivity contribution in [2.45, 2.75) is 45.4 Å². The molecule has 0 atom stereocenters. The Morgan fingerprint density at radius 2 is 1.79 bits per heavy atom. The predicted octanol–water partition coefficient (Wildman–Crippen LogP) is 6.24. The second-order valence-corrected chi connectivity index (χ2v) is 9.38. The van der Waals surface area contributed by atoms with Crippen molar-refractivity contribution in [3.8, 4) is 11.5 Å². The maximum absolute atomic E-state index is 12.9. The van der Waals surface area contributed by atoms with Gasteiger partial charge in [-0.3, -0.25) is 9.69 Å². The number of phenols is 1. The maximum atomic E-state index is 12.9. The van der Waals surface area contributed by atoms with Crippen LogP contribution in [0.3, 0.4) is 0 Å². The third kappa shape index (κ3) is 6.58. The van der Waals surface area contributed by atoms with Crippen LogP contribution in [-0.2, 0) is 4.79 Å².